The lowest BCUT2D eigenvalue weighted by Crippen LogP contribution is -2.21. The molecule has 1 aromatic carbocycles. The number of nitrogens with zero attached hydrogens (tertiary/aromatic N) is 1. The zero-order valence-corrected chi connectivity index (χ0v) is 10.7. The van der Waals surface area contributed by atoms with E-state index in [0.717, 1.165) is 23.5 Å². The Labute approximate surface area is 100 Å². The molecule has 0 bridgehead atoms. The van der Waals surface area contributed by atoms with Crippen molar-refractivity contribution >= 4 is 23.4 Å². The summed E-state index contributed by atoms with van der Waals surface area (Å²) in [4.78, 5) is 12.9. The van der Waals surface area contributed by atoms with E-state index in [0.29, 0.717) is 5.56 Å². The van der Waals surface area contributed by atoms with Crippen LogP contribution in [0.3, 0.4) is 0 Å². The van der Waals surface area contributed by atoms with Crippen molar-refractivity contribution in [3.05, 3.63) is 29.3 Å². The zero-order chi connectivity index (χ0) is 12.1. The number of hydrogen-bond acceptors (Lipinski definition) is 3. The minimum Gasteiger partial charge on any atom is -0.478 e. The number of rotatable bonds is 5. The summed E-state index contributed by atoms with van der Waals surface area (Å²) in [5.74, 6) is 0.192. The van der Waals surface area contributed by atoms with Crippen LogP contribution in [0.25, 0.3) is 0 Å². The second-order valence-electron chi connectivity index (χ2n) is 3.72. The minimum absolute atomic E-state index is 0.347. The number of carbonyl (C=O) groups is 1. The van der Waals surface area contributed by atoms with E-state index in [4.69, 9.17) is 5.11 Å². The quantitative estimate of drug-likeness (QED) is 0.857. The molecule has 16 heavy (non-hydrogen) atoms. The monoisotopic (exact) mass is 239 g/mol. The second-order valence-corrected chi connectivity index (χ2v) is 4.71. The lowest BCUT2D eigenvalue weighted by Gasteiger charge is -2.21. The molecule has 0 radical (unpaired) electrons. The van der Waals surface area contributed by atoms with Crippen LogP contribution in [0, 0.1) is 6.92 Å². The fraction of sp³-hybridized carbons (Fsp3) is 0.417. The second kappa shape index (κ2) is 5.80. The number of hydrogen-bond donors (Lipinski definition) is 1. The van der Waals surface area contributed by atoms with Crippen LogP contribution in [0.5, 0.6) is 0 Å². The Balaban J connectivity index is 2.85. The van der Waals surface area contributed by atoms with Gasteiger partial charge in [-0.2, -0.15) is 11.8 Å². The van der Waals surface area contributed by atoms with Gasteiger partial charge in [-0.25, -0.2) is 4.79 Å². The maximum atomic E-state index is 10.8. The van der Waals surface area contributed by atoms with Crippen LogP contribution in [0.4, 0.5) is 5.69 Å². The zero-order valence-electron chi connectivity index (χ0n) is 9.86. The van der Waals surface area contributed by atoms with Crippen molar-refractivity contribution in [3.63, 3.8) is 0 Å². The normalized spacial score (nSPS) is 10.2. The maximum absolute atomic E-state index is 10.8. The molecule has 1 aromatic rings. The number of benzene rings is 1. The number of carboxylic acid groups (broad SMARTS) is 1. The molecular formula is C12H17NO2S. The average Bonchev–Trinajstić information content (AvgIpc) is 2.25. The van der Waals surface area contributed by atoms with Gasteiger partial charge in [-0.1, -0.05) is 0 Å². The Morgan fingerprint density at radius 2 is 2.19 bits per heavy atom. The molecule has 0 atom stereocenters. The molecule has 0 aliphatic heterocycles. The third-order valence-electron chi connectivity index (χ3n) is 2.49. The molecule has 0 unspecified atom stereocenters. The number of aromatic carboxylic acids is 1. The van der Waals surface area contributed by atoms with E-state index in [-0.39, 0.29) is 0 Å². The number of aryl methyl sites for hydroxylation is 1. The van der Waals surface area contributed by atoms with Crippen molar-refractivity contribution in [2.45, 2.75) is 6.92 Å². The van der Waals surface area contributed by atoms with Gasteiger partial charge in [0.25, 0.3) is 0 Å². The predicted molar refractivity (Wildman–Crippen MR) is 69.8 cm³/mol. The summed E-state index contributed by atoms with van der Waals surface area (Å²) in [7, 11) is 2.03. The molecule has 0 saturated heterocycles. The van der Waals surface area contributed by atoms with Crippen molar-refractivity contribution in [3.8, 4) is 0 Å². The molecule has 0 aliphatic rings. The number of thioether (sulfide) groups is 1. The lowest BCUT2D eigenvalue weighted by atomic mass is 10.1. The summed E-state index contributed by atoms with van der Waals surface area (Å²) >= 11 is 1.80. The van der Waals surface area contributed by atoms with Gasteiger partial charge in [-0.15, -0.1) is 0 Å². The van der Waals surface area contributed by atoms with Crippen molar-refractivity contribution in [2.75, 3.05) is 30.5 Å². The lowest BCUT2D eigenvalue weighted by molar-refractivity contribution is 0.0697. The van der Waals surface area contributed by atoms with Gasteiger partial charge in [0.2, 0.25) is 0 Å². The standard InChI is InChI=1S/C12H17NO2S/c1-9-8-10(12(14)15)4-5-11(9)13(2)6-7-16-3/h4-5,8H,6-7H2,1-3H3,(H,14,15). The first kappa shape index (κ1) is 12.9. The van der Waals surface area contributed by atoms with Gasteiger partial charge in [0.1, 0.15) is 0 Å². The van der Waals surface area contributed by atoms with Crippen LogP contribution >= 0.6 is 11.8 Å². The van der Waals surface area contributed by atoms with Crippen LogP contribution in [0.15, 0.2) is 18.2 Å². The van der Waals surface area contributed by atoms with E-state index in [1.807, 2.05) is 20.0 Å². The minimum atomic E-state index is -0.874. The molecule has 0 aromatic heterocycles. The van der Waals surface area contributed by atoms with E-state index >= 15 is 0 Å². The summed E-state index contributed by atoms with van der Waals surface area (Å²) in [6.07, 6.45) is 2.08. The van der Waals surface area contributed by atoms with E-state index < -0.39 is 5.97 Å². The Morgan fingerprint density at radius 3 is 2.69 bits per heavy atom. The highest BCUT2D eigenvalue weighted by atomic mass is 32.2. The molecule has 88 valence electrons. The van der Waals surface area contributed by atoms with Gasteiger partial charge in [0.05, 0.1) is 5.56 Å². The fourth-order valence-electron chi connectivity index (χ4n) is 1.57. The van der Waals surface area contributed by atoms with E-state index in [1.165, 1.54) is 0 Å². The van der Waals surface area contributed by atoms with E-state index in [9.17, 15) is 4.79 Å². The Hall–Kier alpha value is -1.16. The van der Waals surface area contributed by atoms with Crippen LogP contribution in [0.2, 0.25) is 0 Å². The van der Waals surface area contributed by atoms with Gasteiger partial charge in [0.15, 0.2) is 0 Å². The van der Waals surface area contributed by atoms with Gasteiger partial charge in [-0.3, -0.25) is 0 Å². The topological polar surface area (TPSA) is 40.5 Å². The van der Waals surface area contributed by atoms with Crippen molar-refractivity contribution < 1.29 is 9.90 Å². The highest BCUT2D eigenvalue weighted by molar-refractivity contribution is 7.98. The van der Waals surface area contributed by atoms with E-state index in [1.54, 1.807) is 23.9 Å². The number of carboxylic acids is 1. The molecule has 0 heterocycles. The molecular weight excluding hydrogens is 222 g/mol. The third-order valence-corrected chi connectivity index (χ3v) is 3.08. The first-order valence-corrected chi connectivity index (χ1v) is 6.49. The van der Waals surface area contributed by atoms with Gasteiger partial charge >= 0.3 is 5.97 Å². The Morgan fingerprint density at radius 1 is 1.50 bits per heavy atom. The molecule has 0 aliphatic carbocycles. The van der Waals surface area contributed by atoms with E-state index in [2.05, 4.69) is 11.2 Å². The summed E-state index contributed by atoms with van der Waals surface area (Å²) in [5, 5.41) is 8.86. The first-order chi connectivity index (χ1) is 7.56. The molecule has 0 amide bonds. The Bertz CT molecular complexity index is 379. The van der Waals surface area contributed by atoms with Crippen molar-refractivity contribution in [1.82, 2.24) is 0 Å². The van der Waals surface area contributed by atoms with Crippen LogP contribution in [-0.2, 0) is 0 Å². The van der Waals surface area contributed by atoms with Gasteiger partial charge in [0, 0.05) is 25.0 Å². The smallest absolute Gasteiger partial charge is 0.335 e. The molecule has 0 spiro atoms. The molecule has 0 saturated carbocycles. The average molecular weight is 239 g/mol. The van der Waals surface area contributed by atoms with Crippen molar-refractivity contribution in [1.29, 1.82) is 0 Å². The molecule has 0 fully saturated rings. The van der Waals surface area contributed by atoms with Crippen LogP contribution in [0.1, 0.15) is 15.9 Å². The fourth-order valence-corrected chi connectivity index (χ4v) is 2.02. The van der Waals surface area contributed by atoms with Crippen LogP contribution < -0.4 is 4.90 Å². The first-order valence-electron chi connectivity index (χ1n) is 5.10. The summed E-state index contributed by atoms with van der Waals surface area (Å²) in [6.45, 7) is 2.91. The van der Waals surface area contributed by atoms with Gasteiger partial charge < -0.3 is 10.0 Å². The predicted octanol–water partition coefficient (Wildman–Crippen LogP) is 2.49. The largest absolute Gasteiger partial charge is 0.478 e. The summed E-state index contributed by atoms with van der Waals surface area (Å²) in [6, 6.07) is 5.24. The molecule has 4 heteroatoms. The van der Waals surface area contributed by atoms with Crippen molar-refractivity contribution in [2.24, 2.45) is 0 Å². The Kier molecular flexibility index (Phi) is 4.68. The number of anilines is 1. The van der Waals surface area contributed by atoms with Gasteiger partial charge in [-0.05, 0) is 36.9 Å². The molecule has 3 nitrogen and oxygen atoms in total. The SMILES string of the molecule is CSCCN(C)c1ccc(C(=O)O)cc1C. The highest BCUT2D eigenvalue weighted by Crippen LogP contribution is 2.20. The molecule has 1 rings (SSSR count). The maximum Gasteiger partial charge on any atom is 0.335 e. The molecule has 1 N–H and O–H groups in total. The third kappa shape index (κ3) is 3.17. The summed E-state index contributed by atoms with van der Waals surface area (Å²) in [5.41, 5.74) is 2.45. The van der Waals surface area contributed by atoms with Crippen LogP contribution in [-0.4, -0.2) is 36.7 Å². The summed E-state index contributed by atoms with van der Waals surface area (Å²) < 4.78 is 0. The highest BCUT2D eigenvalue weighted by Gasteiger charge is 2.08.